The molecule has 1 fully saturated rings. The van der Waals surface area contributed by atoms with E-state index >= 15 is 0 Å². The standard InChI is InChI=1S/C19H40F3NO3Si3/c1-27(2,3)25-29(6,7)26-28(4,5)15-11-14-23(17-12-9-8-10-13-17)18(24)16-19(20,21)22/h17H,8-16H2,1-7H3. The highest BCUT2D eigenvalue weighted by Gasteiger charge is 2.39. The lowest BCUT2D eigenvalue weighted by Crippen LogP contribution is -2.51. The minimum absolute atomic E-state index is 0.0506. The Balaban J connectivity index is 2.69. The Morgan fingerprint density at radius 2 is 1.52 bits per heavy atom. The number of hydrogen-bond acceptors (Lipinski definition) is 3. The third-order valence-electron chi connectivity index (χ3n) is 4.94. The van der Waals surface area contributed by atoms with Gasteiger partial charge in [-0.3, -0.25) is 4.79 Å². The van der Waals surface area contributed by atoms with Crippen LogP contribution in [0.2, 0.25) is 51.9 Å². The SMILES string of the molecule is C[Si](C)(C)O[Si](C)(C)O[Si](C)(C)CCCN(C(=O)CC(F)(F)F)C1CCCCC1. The van der Waals surface area contributed by atoms with Gasteiger partial charge in [0, 0.05) is 12.6 Å². The number of nitrogens with zero attached hydrogens (tertiary/aromatic N) is 1. The van der Waals surface area contributed by atoms with Gasteiger partial charge < -0.3 is 13.1 Å². The van der Waals surface area contributed by atoms with Crippen molar-refractivity contribution in [3.05, 3.63) is 0 Å². The van der Waals surface area contributed by atoms with Crippen LogP contribution in [0.4, 0.5) is 13.2 Å². The molecule has 1 aliphatic carbocycles. The van der Waals surface area contributed by atoms with Crippen LogP contribution in [0.15, 0.2) is 0 Å². The smallest absolute Gasteiger partial charge is 0.397 e. The normalized spacial score (nSPS) is 17.4. The fourth-order valence-corrected chi connectivity index (χ4v) is 17.5. The summed E-state index contributed by atoms with van der Waals surface area (Å²) in [7, 11) is -5.98. The summed E-state index contributed by atoms with van der Waals surface area (Å²) in [5.74, 6) is -0.776. The minimum Gasteiger partial charge on any atom is -0.437 e. The van der Waals surface area contributed by atoms with Crippen LogP contribution in [-0.4, -0.2) is 54.8 Å². The molecule has 0 atom stereocenters. The first-order valence-corrected chi connectivity index (χ1v) is 20.1. The second-order valence-electron chi connectivity index (χ2n) is 10.3. The van der Waals surface area contributed by atoms with E-state index in [1.54, 1.807) is 0 Å². The molecule has 0 spiro atoms. The first-order valence-electron chi connectivity index (χ1n) is 10.8. The Kier molecular flexibility index (Phi) is 9.66. The third-order valence-corrected chi connectivity index (χ3v) is 15.1. The van der Waals surface area contributed by atoms with Crippen molar-refractivity contribution in [3.63, 3.8) is 0 Å². The molecule has 0 heterocycles. The minimum atomic E-state index is -4.45. The van der Waals surface area contributed by atoms with E-state index in [0.29, 0.717) is 13.0 Å². The van der Waals surface area contributed by atoms with Crippen molar-refractivity contribution in [2.45, 2.75) is 109 Å². The fraction of sp³-hybridized carbons (Fsp3) is 0.947. The molecule has 0 aromatic rings. The maximum absolute atomic E-state index is 12.8. The highest BCUT2D eigenvalue weighted by atomic mass is 28.5. The molecule has 172 valence electrons. The van der Waals surface area contributed by atoms with E-state index in [1.807, 2.05) is 0 Å². The molecule has 0 unspecified atom stereocenters. The Morgan fingerprint density at radius 3 is 2.00 bits per heavy atom. The van der Waals surface area contributed by atoms with Crippen molar-refractivity contribution in [2.75, 3.05) is 6.54 Å². The molecule has 10 heteroatoms. The summed E-state index contributed by atoms with van der Waals surface area (Å²) in [6.07, 6.45) is -0.444. The molecular weight excluding hydrogens is 431 g/mol. The summed E-state index contributed by atoms with van der Waals surface area (Å²) in [5, 5.41) is 0. The molecule has 1 aliphatic rings. The number of carbonyl (C=O) groups excluding carboxylic acids is 1. The van der Waals surface area contributed by atoms with Gasteiger partial charge in [0.1, 0.15) is 6.42 Å². The van der Waals surface area contributed by atoms with Crippen molar-refractivity contribution < 1.29 is 26.2 Å². The van der Waals surface area contributed by atoms with E-state index in [-0.39, 0.29) is 6.04 Å². The molecule has 29 heavy (non-hydrogen) atoms. The maximum Gasteiger partial charge on any atom is 0.397 e. The van der Waals surface area contributed by atoms with Gasteiger partial charge in [-0.25, -0.2) is 0 Å². The number of alkyl halides is 3. The fourth-order valence-electron chi connectivity index (χ4n) is 4.33. The third kappa shape index (κ3) is 11.7. The first-order chi connectivity index (χ1) is 13.0. The summed E-state index contributed by atoms with van der Waals surface area (Å²) in [4.78, 5) is 13.9. The Labute approximate surface area is 178 Å². The van der Waals surface area contributed by atoms with E-state index in [0.717, 1.165) is 38.1 Å². The number of amides is 1. The van der Waals surface area contributed by atoms with Gasteiger partial charge in [0.2, 0.25) is 5.91 Å². The topological polar surface area (TPSA) is 38.8 Å². The molecule has 1 rings (SSSR count). The van der Waals surface area contributed by atoms with E-state index in [1.165, 1.54) is 4.90 Å². The van der Waals surface area contributed by atoms with Gasteiger partial charge in [-0.15, -0.1) is 0 Å². The molecule has 0 aromatic carbocycles. The van der Waals surface area contributed by atoms with Crippen LogP contribution in [0, 0.1) is 0 Å². The predicted molar refractivity (Wildman–Crippen MR) is 119 cm³/mol. The monoisotopic (exact) mass is 471 g/mol. The molecular formula is C19H40F3NO3Si3. The second-order valence-corrected chi connectivity index (χ2v) is 22.9. The molecule has 0 radical (unpaired) electrons. The van der Waals surface area contributed by atoms with Gasteiger partial charge in [0.05, 0.1) is 0 Å². The van der Waals surface area contributed by atoms with Crippen LogP contribution in [0.3, 0.4) is 0 Å². The molecule has 0 saturated heterocycles. The van der Waals surface area contributed by atoms with Gasteiger partial charge in [0.25, 0.3) is 0 Å². The zero-order valence-corrected chi connectivity index (χ0v) is 22.2. The zero-order valence-electron chi connectivity index (χ0n) is 19.2. The number of rotatable bonds is 10. The summed E-state index contributed by atoms with van der Waals surface area (Å²) in [5.41, 5.74) is 0. The van der Waals surface area contributed by atoms with Crippen molar-refractivity contribution in [2.24, 2.45) is 0 Å². The van der Waals surface area contributed by atoms with Crippen molar-refractivity contribution in [1.82, 2.24) is 4.90 Å². The average Bonchev–Trinajstić information content (AvgIpc) is 2.46. The summed E-state index contributed by atoms with van der Waals surface area (Å²) in [6, 6.07) is 0.756. The van der Waals surface area contributed by atoms with E-state index in [4.69, 9.17) is 8.23 Å². The van der Waals surface area contributed by atoms with Crippen molar-refractivity contribution in [1.29, 1.82) is 0 Å². The van der Waals surface area contributed by atoms with Gasteiger partial charge in [-0.05, 0) is 71.1 Å². The lowest BCUT2D eigenvalue weighted by molar-refractivity contribution is -0.163. The lowest BCUT2D eigenvalue weighted by Gasteiger charge is -2.38. The van der Waals surface area contributed by atoms with Crippen LogP contribution >= 0.6 is 0 Å². The zero-order chi connectivity index (χ0) is 22.5. The summed E-state index contributed by atoms with van der Waals surface area (Å²) < 4.78 is 51.2. The summed E-state index contributed by atoms with van der Waals surface area (Å²) >= 11 is 0. The van der Waals surface area contributed by atoms with Crippen LogP contribution in [0.1, 0.15) is 44.9 Å². The molecule has 4 nitrogen and oxygen atoms in total. The summed E-state index contributed by atoms with van der Waals surface area (Å²) in [6.45, 7) is 15.2. The highest BCUT2D eigenvalue weighted by molar-refractivity contribution is 6.87. The Hall–Kier alpha value is -0.169. The largest absolute Gasteiger partial charge is 0.437 e. The predicted octanol–water partition coefficient (Wildman–Crippen LogP) is 6.27. The van der Waals surface area contributed by atoms with E-state index in [2.05, 4.69) is 45.8 Å². The first kappa shape index (κ1) is 26.9. The van der Waals surface area contributed by atoms with Crippen LogP contribution < -0.4 is 0 Å². The van der Waals surface area contributed by atoms with E-state index in [9.17, 15) is 18.0 Å². The molecule has 0 aliphatic heterocycles. The molecule has 0 bridgehead atoms. The lowest BCUT2D eigenvalue weighted by atomic mass is 9.94. The highest BCUT2D eigenvalue weighted by Crippen LogP contribution is 2.28. The Morgan fingerprint density at radius 1 is 0.966 bits per heavy atom. The van der Waals surface area contributed by atoms with Gasteiger partial charge in [0.15, 0.2) is 16.6 Å². The van der Waals surface area contributed by atoms with Crippen LogP contribution in [-0.2, 0) is 13.0 Å². The van der Waals surface area contributed by atoms with Crippen molar-refractivity contribution in [3.8, 4) is 0 Å². The van der Waals surface area contributed by atoms with Gasteiger partial charge >= 0.3 is 14.7 Å². The van der Waals surface area contributed by atoms with Gasteiger partial charge in [-0.2, -0.15) is 13.2 Å². The van der Waals surface area contributed by atoms with Crippen LogP contribution in [0.5, 0.6) is 0 Å². The van der Waals surface area contributed by atoms with Gasteiger partial charge in [-0.1, -0.05) is 19.3 Å². The number of carbonyl (C=O) groups is 1. The molecule has 1 amide bonds. The van der Waals surface area contributed by atoms with Crippen molar-refractivity contribution >= 4 is 31.1 Å². The van der Waals surface area contributed by atoms with E-state index < -0.39 is 43.7 Å². The molecule has 1 saturated carbocycles. The number of hydrogen-bond donors (Lipinski definition) is 0. The number of halogens is 3. The molecule has 0 aromatic heterocycles. The molecule has 0 N–H and O–H groups in total. The quantitative estimate of drug-likeness (QED) is 0.353. The average molecular weight is 472 g/mol. The van der Waals surface area contributed by atoms with Crippen LogP contribution in [0.25, 0.3) is 0 Å². The maximum atomic E-state index is 12.8. The Bertz CT molecular complexity index is 531. The second kappa shape index (κ2) is 10.4.